The van der Waals surface area contributed by atoms with Crippen LogP contribution in [0.1, 0.15) is 63.5 Å². The SMILES string of the molecule is C=CCN1C[C@H](C(=O)OCCC(C)=O)CC2c3cccc4c3C(=C[N+]4(CC)CCC)C[C@H]21.O=S(=O)(O)O. The van der Waals surface area contributed by atoms with E-state index in [2.05, 4.69) is 49.7 Å². The largest absolute Gasteiger partial charge is 0.465 e. The average molecular weight is 536 g/mol. The summed E-state index contributed by atoms with van der Waals surface area (Å²) in [6, 6.07) is 7.17. The number of nitrogens with zero attached hydrogens (tertiary/aromatic N) is 2. The highest BCUT2D eigenvalue weighted by Crippen LogP contribution is 2.53. The lowest BCUT2D eigenvalue weighted by molar-refractivity contribution is -0.151. The van der Waals surface area contributed by atoms with Gasteiger partial charge in [-0.05, 0) is 38.7 Å². The molecule has 2 N–H and O–H groups in total. The van der Waals surface area contributed by atoms with Crippen molar-refractivity contribution in [2.45, 2.75) is 58.4 Å². The first-order chi connectivity index (χ1) is 17.4. The zero-order valence-corrected chi connectivity index (χ0v) is 22.7. The normalized spacial score (nSPS) is 26.2. The highest BCUT2D eigenvalue weighted by atomic mass is 32.3. The van der Waals surface area contributed by atoms with Crippen LogP contribution in [-0.4, -0.2) is 73.0 Å². The molecule has 0 saturated carbocycles. The maximum absolute atomic E-state index is 12.9. The average Bonchev–Trinajstić information content (AvgIpc) is 3.13. The Morgan fingerprint density at radius 2 is 1.97 bits per heavy atom. The van der Waals surface area contributed by atoms with E-state index in [1.165, 1.54) is 29.3 Å². The summed E-state index contributed by atoms with van der Waals surface area (Å²) in [7, 11) is -4.67. The number of quaternary nitrogens is 1. The van der Waals surface area contributed by atoms with E-state index in [1.807, 2.05) is 6.08 Å². The van der Waals surface area contributed by atoms with Crippen LogP contribution in [0.2, 0.25) is 0 Å². The molecule has 0 aromatic heterocycles. The first-order valence-electron chi connectivity index (χ1n) is 12.9. The molecular formula is C27H39N2O7S+. The van der Waals surface area contributed by atoms with Crippen LogP contribution in [0.5, 0.6) is 0 Å². The van der Waals surface area contributed by atoms with Gasteiger partial charge >= 0.3 is 16.4 Å². The molecular weight excluding hydrogens is 496 g/mol. The van der Waals surface area contributed by atoms with E-state index in [9.17, 15) is 9.59 Å². The van der Waals surface area contributed by atoms with Crippen molar-refractivity contribution >= 4 is 33.4 Å². The lowest BCUT2D eigenvalue weighted by atomic mass is 9.70. The molecule has 4 atom stereocenters. The minimum absolute atomic E-state index is 0.0471. The minimum atomic E-state index is -4.67. The van der Waals surface area contributed by atoms with Crippen molar-refractivity contribution in [3.05, 3.63) is 48.2 Å². The molecule has 2 heterocycles. The number of fused-ring (bicyclic) bond motifs is 2. The molecule has 1 aromatic carbocycles. The molecule has 3 aliphatic rings. The molecule has 0 radical (unpaired) electrons. The monoisotopic (exact) mass is 535 g/mol. The van der Waals surface area contributed by atoms with Gasteiger partial charge in [-0.2, -0.15) is 8.42 Å². The van der Waals surface area contributed by atoms with Gasteiger partial charge in [-0.1, -0.05) is 25.1 Å². The number of esters is 1. The maximum Gasteiger partial charge on any atom is 0.394 e. The van der Waals surface area contributed by atoms with Crippen molar-refractivity contribution in [1.82, 2.24) is 9.38 Å². The van der Waals surface area contributed by atoms with Crippen molar-refractivity contribution in [1.29, 1.82) is 0 Å². The summed E-state index contributed by atoms with van der Waals surface area (Å²) < 4.78 is 38.0. The molecule has 37 heavy (non-hydrogen) atoms. The number of rotatable bonds is 9. The lowest BCUT2D eigenvalue weighted by Gasteiger charge is -2.46. The Kier molecular flexibility index (Phi) is 9.47. The number of hydrogen-bond acceptors (Lipinski definition) is 6. The summed E-state index contributed by atoms with van der Waals surface area (Å²) in [5, 5.41) is 0. The molecule has 2 aliphatic heterocycles. The summed E-state index contributed by atoms with van der Waals surface area (Å²) in [5.41, 5.74) is 5.74. The molecule has 10 heteroatoms. The third-order valence-electron chi connectivity index (χ3n) is 7.62. The standard InChI is InChI=1S/C27H37N2O3.H2O4S/c1-5-12-28-17-20(27(31)32-14-11-19(4)30)15-23-22-9-8-10-25-26(22)21(16-24(23)28)18-29(25,7-3)13-6-2;1-5(2,3)4/h5,8-10,18,20,23-24H,1,6-7,11-17H2,2-4H3;(H2,1,2,3,4)/q+1;/t20-,23?,24-,29?;/m1./s1. The summed E-state index contributed by atoms with van der Waals surface area (Å²) in [4.78, 5) is 26.6. The van der Waals surface area contributed by atoms with Gasteiger partial charge in [-0.25, -0.2) is 0 Å². The Morgan fingerprint density at radius 3 is 2.57 bits per heavy atom. The van der Waals surface area contributed by atoms with E-state index < -0.39 is 10.4 Å². The van der Waals surface area contributed by atoms with Crippen LogP contribution in [0.25, 0.3) is 5.57 Å². The number of ether oxygens (including phenoxy) is 1. The lowest BCUT2D eigenvalue weighted by Crippen LogP contribution is -2.51. The number of carbonyl (C=O) groups is 2. The van der Waals surface area contributed by atoms with Crippen LogP contribution >= 0.6 is 0 Å². The zero-order chi connectivity index (χ0) is 27.4. The Hall–Kier alpha value is -2.37. The van der Waals surface area contributed by atoms with Crippen molar-refractivity contribution in [3.8, 4) is 0 Å². The molecule has 1 saturated heterocycles. The molecule has 0 spiro atoms. The van der Waals surface area contributed by atoms with Gasteiger partial charge in [-0.15, -0.1) is 6.58 Å². The second-order valence-electron chi connectivity index (χ2n) is 10.1. The van der Waals surface area contributed by atoms with Gasteiger partial charge in [-0.3, -0.25) is 28.1 Å². The van der Waals surface area contributed by atoms with E-state index in [0.29, 0.717) is 18.5 Å². The van der Waals surface area contributed by atoms with Gasteiger partial charge < -0.3 is 4.74 Å². The van der Waals surface area contributed by atoms with Crippen molar-refractivity contribution in [2.75, 3.05) is 32.8 Å². The quantitative estimate of drug-likeness (QED) is 0.211. The molecule has 9 nitrogen and oxygen atoms in total. The Balaban J connectivity index is 0.000000695. The fourth-order valence-corrected chi connectivity index (χ4v) is 6.18. The summed E-state index contributed by atoms with van der Waals surface area (Å²) in [5.74, 6) is 0.00912. The molecule has 1 aromatic rings. The van der Waals surface area contributed by atoms with Crippen molar-refractivity contribution in [2.24, 2.45) is 5.92 Å². The Morgan fingerprint density at radius 1 is 1.27 bits per heavy atom. The van der Waals surface area contributed by atoms with Gasteiger partial charge in [0.25, 0.3) is 0 Å². The molecule has 0 bridgehead atoms. The third-order valence-corrected chi connectivity index (χ3v) is 7.62. The number of carbonyl (C=O) groups excluding carboxylic acids is 2. The number of piperidine rings is 1. The van der Waals surface area contributed by atoms with E-state index in [4.69, 9.17) is 22.3 Å². The number of hydrogen-bond donors (Lipinski definition) is 2. The van der Waals surface area contributed by atoms with Gasteiger partial charge in [0.1, 0.15) is 17.7 Å². The smallest absolute Gasteiger partial charge is 0.394 e. The fourth-order valence-electron chi connectivity index (χ4n) is 6.18. The number of benzene rings is 1. The molecule has 1 aliphatic carbocycles. The molecule has 0 amide bonds. The molecule has 204 valence electrons. The summed E-state index contributed by atoms with van der Waals surface area (Å²) >= 11 is 0. The van der Waals surface area contributed by atoms with Gasteiger partial charge in [0, 0.05) is 48.7 Å². The highest BCUT2D eigenvalue weighted by molar-refractivity contribution is 7.79. The van der Waals surface area contributed by atoms with Crippen LogP contribution in [0.15, 0.2) is 37.1 Å². The number of ketones is 1. The summed E-state index contributed by atoms with van der Waals surface area (Å²) in [6.45, 7) is 13.9. The van der Waals surface area contributed by atoms with E-state index >= 15 is 0 Å². The topological polar surface area (TPSA) is 121 Å². The molecule has 4 rings (SSSR count). The van der Waals surface area contributed by atoms with Crippen LogP contribution in [0.4, 0.5) is 5.69 Å². The first kappa shape index (κ1) is 29.2. The minimum Gasteiger partial charge on any atom is -0.465 e. The van der Waals surface area contributed by atoms with E-state index in [-0.39, 0.29) is 30.7 Å². The predicted octanol–water partition coefficient (Wildman–Crippen LogP) is 4.01. The molecule has 2 unspecified atom stereocenters. The van der Waals surface area contributed by atoms with Gasteiger partial charge in [0.05, 0.1) is 25.6 Å². The maximum atomic E-state index is 12.9. The van der Waals surface area contributed by atoms with Gasteiger partial charge in [0.2, 0.25) is 0 Å². The Bertz CT molecular complexity index is 1160. The van der Waals surface area contributed by atoms with Crippen LogP contribution in [0, 0.1) is 5.92 Å². The van der Waals surface area contributed by atoms with E-state index in [1.54, 1.807) is 0 Å². The third kappa shape index (κ3) is 6.74. The number of likely N-dealkylation sites (tertiary alicyclic amines) is 1. The first-order valence-corrected chi connectivity index (χ1v) is 14.3. The van der Waals surface area contributed by atoms with Crippen LogP contribution in [0.3, 0.4) is 0 Å². The predicted molar refractivity (Wildman–Crippen MR) is 143 cm³/mol. The van der Waals surface area contributed by atoms with Gasteiger partial charge in [0.15, 0.2) is 0 Å². The number of Topliss-reactive ketones (excluding diaryl/α,β-unsaturated/α-hetero) is 1. The second-order valence-corrected chi connectivity index (χ2v) is 11.0. The highest BCUT2D eigenvalue weighted by Gasteiger charge is 2.48. The van der Waals surface area contributed by atoms with Crippen molar-refractivity contribution in [3.63, 3.8) is 0 Å². The Labute approximate surface area is 220 Å². The van der Waals surface area contributed by atoms with Crippen LogP contribution in [-0.2, 0) is 24.7 Å². The molecule has 1 fully saturated rings. The summed E-state index contributed by atoms with van der Waals surface area (Å²) in [6.07, 6.45) is 7.72. The van der Waals surface area contributed by atoms with Crippen LogP contribution < -0.4 is 4.48 Å². The zero-order valence-electron chi connectivity index (χ0n) is 21.9. The van der Waals surface area contributed by atoms with E-state index in [0.717, 1.165) is 43.4 Å². The van der Waals surface area contributed by atoms with Crippen molar-refractivity contribution < 1.29 is 31.8 Å². The fraction of sp³-hybridized carbons (Fsp3) is 0.556. The second kappa shape index (κ2) is 12.0.